The van der Waals surface area contributed by atoms with Gasteiger partial charge in [-0.1, -0.05) is 11.6 Å². The van der Waals surface area contributed by atoms with Crippen molar-refractivity contribution in [1.82, 2.24) is 4.90 Å². The summed E-state index contributed by atoms with van der Waals surface area (Å²) in [7, 11) is 0. The van der Waals surface area contributed by atoms with E-state index >= 15 is 0 Å². The van der Waals surface area contributed by atoms with Crippen LogP contribution in [0, 0.1) is 5.82 Å². The Kier molecular flexibility index (Phi) is 3.76. The highest BCUT2D eigenvalue weighted by Gasteiger charge is 2.29. The largest absolute Gasteiger partial charge is 0.338 e. The van der Waals surface area contributed by atoms with Crippen LogP contribution in [0.25, 0.3) is 0 Å². The van der Waals surface area contributed by atoms with Crippen LogP contribution in [0.2, 0.25) is 5.02 Å². The molecule has 20 heavy (non-hydrogen) atoms. The van der Waals surface area contributed by atoms with Gasteiger partial charge in [-0.3, -0.25) is 4.79 Å². The van der Waals surface area contributed by atoms with Gasteiger partial charge in [-0.05, 0) is 47.0 Å². The fourth-order valence-electron chi connectivity index (χ4n) is 2.56. The Labute approximate surface area is 125 Å². The molecule has 104 valence electrons. The van der Waals surface area contributed by atoms with Gasteiger partial charge in [0.15, 0.2) is 0 Å². The van der Waals surface area contributed by atoms with Crippen LogP contribution in [0.3, 0.4) is 0 Å². The second-order valence-corrected chi connectivity index (χ2v) is 6.10. The minimum absolute atomic E-state index is 0.118. The number of likely N-dealkylation sites (tertiary alicyclic amines) is 1. The number of benzene rings is 1. The number of thiophene rings is 1. The van der Waals surface area contributed by atoms with Crippen molar-refractivity contribution in [2.45, 2.75) is 12.3 Å². The number of hydrogen-bond acceptors (Lipinski definition) is 2. The van der Waals surface area contributed by atoms with Crippen LogP contribution < -0.4 is 0 Å². The number of hydrogen-bond donors (Lipinski definition) is 0. The first kappa shape index (κ1) is 13.6. The van der Waals surface area contributed by atoms with Crippen molar-refractivity contribution < 1.29 is 9.18 Å². The lowest BCUT2D eigenvalue weighted by Gasteiger charge is -2.17. The molecule has 3 rings (SSSR count). The summed E-state index contributed by atoms with van der Waals surface area (Å²) in [6.45, 7) is 1.41. The zero-order valence-electron chi connectivity index (χ0n) is 10.7. The van der Waals surface area contributed by atoms with Gasteiger partial charge in [0.05, 0.1) is 10.6 Å². The molecule has 1 amide bonds. The summed E-state index contributed by atoms with van der Waals surface area (Å²) in [6, 6.07) is 6.01. The van der Waals surface area contributed by atoms with Crippen LogP contribution in [0.4, 0.5) is 4.39 Å². The molecule has 0 saturated carbocycles. The second-order valence-electron chi connectivity index (χ2n) is 4.92. The van der Waals surface area contributed by atoms with Crippen LogP contribution in [0.15, 0.2) is 35.0 Å². The quantitative estimate of drug-likeness (QED) is 0.815. The maximum absolute atomic E-state index is 13.0. The summed E-state index contributed by atoms with van der Waals surface area (Å²) in [6.07, 6.45) is 0.960. The summed E-state index contributed by atoms with van der Waals surface area (Å²) in [5.74, 6) is -0.152. The van der Waals surface area contributed by atoms with E-state index < -0.39 is 5.82 Å². The molecule has 1 fully saturated rings. The average molecular weight is 310 g/mol. The number of nitrogens with zero attached hydrogens (tertiary/aromatic N) is 1. The van der Waals surface area contributed by atoms with Crippen molar-refractivity contribution in [3.05, 3.63) is 57.0 Å². The van der Waals surface area contributed by atoms with E-state index in [1.807, 2.05) is 0 Å². The third-order valence-electron chi connectivity index (χ3n) is 3.65. The lowest BCUT2D eigenvalue weighted by molar-refractivity contribution is 0.0791. The summed E-state index contributed by atoms with van der Waals surface area (Å²) in [4.78, 5) is 14.2. The standard InChI is InChI=1S/C15H13ClFNOS/c16-14-7-12(17)1-2-13(14)15(19)18-5-3-10(8-18)11-4-6-20-9-11/h1-2,4,6-7,9-10H,3,5,8H2. The van der Waals surface area contributed by atoms with Gasteiger partial charge < -0.3 is 4.90 Å². The lowest BCUT2D eigenvalue weighted by Crippen LogP contribution is -2.28. The predicted molar refractivity (Wildman–Crippen MR) is 79.0 cm³/mol. The predicted octanol–water partition coefficient (Wildman–Crippen LogP) is 4.17. The van der Waals surface area contributed by atoms with E-state index in [9.17, 15) is 9.18 Å². The van der Waals surface area contributed by atoms with Gasteiger partial charge in [-0.15, -0.1) is 0 Å². The number of rotatable bonds is 2. The third-order valence-corrected chi connectivity index (χ3v) is 4.67. The van der Waals surface area contributed by atoms with Crippen molar-refractivity contribution >= 4 is 28.8 Å². The Bertz CT molecular complexity index is 629. The Morgan fingerprint density at radius 2 is 2.25 bits per heavy atom. The van der Waals surface area contributed by atoms with Gasteiger partial charge in [0.2, 0.25) is 0 Å². The molecule has 5 heteroatoms. The van der Waals surface area contributed by atoms with Gasteiger partial charge >= 0.3 is 0 Å². The van der Waals surface area contributed by atoms with Crippen molar-refractivity contribution in [3.63, 3.8) is 0 Å². The van der Waals surface area contributed by atoms with E-state index in [0.717, 1.165) is 6.42 Å². The maximum atomic E-state index is 13.0. The SMILES string of the molecule is O=C(c1ccc(F)cc1Cl)N1CCC(c2ccsc2)C1. The Balaban J connectivity index is 1.76. The molecular formula is C15H13ClFNOS. The zero-order valence-corrected chi connectivity index (χ0v) is 12.3. The van der Waals surface area contributed by atoms with Crippen LogP contribution in [-0.4, -0.2) is 23.9 Å². The Morgan fingerprint density at radius 1 is 1.40 bits per heavy atom. The van der Waals surface area contributed by atoms with Crippen LogP contribution in [0.1, 0.15) is 28.3 Å². The topological polar surface area (TPSA) is 20.3 Å². The fraction of sp³-hybridized carbons (Fsp3) is 0.267. The molecule has 0 spiro atoms. The van der Waals surface area contributed by atoms with E-state index in [0.29, 0.717) is 24.6 Å². The van der Waals surface area contributed by atoms with E-state index in [-0.39, 0.29) is 10.9 Å². The smallest absolute Gasteiger partial charge is 0.255 e. The Morgan fingerprint density at radius 3 is 2.95 bits per heavy atom. The first-order chi connectivity index (χ1) is 9.65. The molecule has 0 bridgehead atoms. The van der Waals surface area contributed by atoms with Crippen molar-refractivity contribution in [2.75, 3.05) is 13.1 Å². The third kappa shape index (κ3) is 2.58. The maximum Gasteiger partial charge on any atom is 0.255 e. The number of amides is 1. The van der Waals surface area contributed by atoms with Crippen LogP contribution in [0.5, 0.6) is 0 Å². The van der Waals surface area contributed by atoms with Crippen molar-refractivity contribution in [3.8, 4) is 0 Å². The number of halogens is 2. The van der Waals surface area contributed by atoms with Crippen molar-refractivity contribution in [2.24, 2.45) is 0 Å². The van der Waals surface area contributed by atoms with E-state index in [1.54, 1.807) is 16.2 Å². The molecule has 1 aliphatic rings. The molecule has 0 N–H and O–H groups in total. The van der Waals surface area contributed by atoms with Gasteiger partial charge in [-0.25, -0.2) is 4.39 Å². The number of carbonyl (C=O) groups is 1. The summed E-state index contributed by atoms with van der Waals surface area (Å²) in [5.41, 5.74) is 1.66. The highest BCUT2D eigenvalue weighted by molar-refractivity contribution is 7.08. The van der Waals surface area contributed by atoms with Gasteiger partial charge in [0.1, 0.15) is 5.82 Å². The molecule has 1 saturated heterocycles. The second kappa shape index (κ2) is 5.54. The van der Waals surface area contributed by atoms with Crippen molar-refractivity contribution in [1.29, 1.82) is 0 Å². The number of carbonyl (C=O) groups excluding carboxylic acids is 1. The Hall–Kier alpha value is -1.39. The molecule has 2 heterocycles. The molecule has 0 aliphatic carbocycles. The molecule has 1 unspecified atom stereocenters. The summed E-state index contributed by atoms with van der Waals surface area (Å²) < 4.78 is 13.0. The van der Waals surface area contributed by atoms with Gasteiger partial charge in [0.25, 0.3) is 5.91 Å². The highest BCUT2D eigenvalue weighted by Crippen LogP contribution is 2.30. The highest BCUT2D eigenvalue weighted by atomic mass is 35.5. The molecular weight excluding hydrogens is 297 g/mol. The molecule has 2 nitrogen and oxygen atoms in total. The molecule has 1 aromatic heterocycles. The monoisotopic (exact) mass is 309 g/mol. The first-order valence-corrected chi connectivity index (χ1v) is 7.73. The van der Waals surface area contributed by atoms with Crippen LogP contribution >= 0.6 is 22.9 Å². The normalized spacial score (nSPS) is 18.5. The molecule has 2 aromatic rings. The molecule has 1 aromatic carbocycles. The van der Waals surface area contributed by atoms with Crippen LogP contribution in [-0.2, 0) is 0 Å². The van der Waals surface area contributed by atoms with Gasteiger partial charge in [-0.2, -0.15) is 11.3 Å². The molecule has 0 radical (unpaired) electrons. The summed E-state index contributed by atoms with van der Waals surface area (Å²) in [5, 5.41) is 4.36. The van der Waals surface area contributed by atoms with Gasteiger partial charge in [0, 0.05) is 19.0 Å². The fourth-order valence-corrected chi connectivity index (χ4v) is 3.55. The lowest BCUT2D eigenvalue weighted by atomic mass is 10.0. The summed E-state index contributed by atoms with van der Waals surface area (Å²) >= 11 is 7.62. The zero-order chi connectivity index (χ0) is 14.1. The first-order valence-electron chi connectivity index (χ1n) is 6.41. The minimum atomic E-state index is -0.427. The van der Waals surface area contributed by atoms with E-state index in [4.69, 9.17) is 11.6 Å². The minimum Gasteiger partial charge on any atom is -0.338 e. The molecule has 1 atom stereocenters. The average Bonchev–Trinajstić information content (AvgIpc) is 3.09. The molecule has 1 aliphatic heterocycles. The van der Waals surface area contributed by atoms with E-state index in [1.165, 1.54) is 23.8 Å². The van der Waals surface area contributed by atoms with E-state index in [2.05, 4.69) is 16.8 Å².